The van der Waals surface area contributed by atoms with Crippen molar-refractivity contribution in [1.82, 2.24) is 0 Å². The molecule has 0 unspecified atom stereocenters. The smallest absolute Gasteiger partial charge is 0.339 e. The first-order valence-electron chi connectivity index (χ1n) is 5.53. The van der Waals surface area contributed by atoms with Crippen molar-refractivity contribution in [3.63, 3.8) is 0 Å². The third kappa shape index (κ3) is 3.34. The van der Waals surface area contributed by atoms with Gasteiger partial charge in [-0.3, -0.25) is 10.1 Å². The zero-order valence-electron chi connectivity index (χ0n) is 10.2. The lowest BCUT2D eigenvalue weighted by Crippen LogP contribution is -2.01. The van der Waals surface area contributed by atoms with Crippen LogP contribution in [-0.4, -0.2) is 16.0 Å². The maximum atomic E-state index is 13.1. The van der Waals surface area contributed by atoms with Crippen LogP contribution in [0.1, 0.15) is 10.4 Å². The van der Waals surface area contributed by atoms with Crippen molar-refractivity contribution >= 4 is 27.6 Å². The fraction of sp³-hybridized carbons (Fsp3) is 0. The van der Waals surface area contributed by atoms with Crippen LogP contribution in [0.5, 0.6) is 11.5 Å². The maximum Gasteiger partial charge on any atom is 0.339 e. The van der Waals surface area contributed by atoms with E-state index in [9.17, 15) is 19.3 Å². The molecule has 2 aromatic carbocycles. The van der Waals surface area contributed by atoms with E-state index in [0.717, 1.165) is 24.3 Å². The summed E-state index contributed by atoms with van der Waals surface area (Å²) < 4.78 is 18.8. The summed E-state index contributed by atoms with van der Waals surface area (Å²) in [5.74, 6) is -2.16. The Morgan fingerprint density at radius 1 is 1.24 bits per heavy atom. The first kappa shape index (κ1) is 14.9. The van der Waals surface area contributed by atoms with Crippen LogP contribution < -0.4 is 4.74 Å². The summed E-state index contributed by atoms with van der Waals surface area (Å²) in [7, 11) is 0. The number of ether oxygens (including phenoxy) is 1. The van der Waals surface area contributed by atoms with E-state index >= 15 is 0 Å². The van der Waals surface area contributed by atoms with E-state index in [-0.39, 0.29) is 22.7 Å². The second-order valence-corrected chi connectivity index (χ2v) is 4.77. The van der Waals surface area contributed by atoms with E-state index in [1.165, 1.54) is 12.1 Å². The number of hydrogen-bond donors (Lipinski definition) is 1. The molecule has 1 N–H and O–H groups in total. The Bertz CT molecular complexity index is 734. The van der Waals surface area contributed by atoms with Crippen LogP contribution in [0.15, 0.2) is 40.9 Å². The molecule has 0 heterocycles. The number of halogens is 2. The van der Waals surface area contributed by atoms with Gasteiger partial charge in [0.15, 0.2) is 0 Å². The van der Waals surface area contributed by atoms with Gasteiger partial charge >= 0.3 is 5.97 Å². The number of nitrogens with zero attached hydrogens (tertiary/aromatic N) is 1. The highest BCUT2D eigenvalue weighted by atomic mass is 79.9. The topological polar surface area (TPSA) is 89.7 Å². The zero-order chi connectivity index (χ0) is 15.6. The van der Waals surface area contributed by atoms with Gasteiger partial charge in [0.25, 0.3) is 5.69 Å². The van der Waals surface area contributed by atoms with Gasteiger partial charge in [-0.15, -0.1) is 0 Å². The maximum absolute atomic E-state index is 13.1. The second-order valence-electron chi connectivity index (χ2n) is 3.92. The SMILES string of the molecule is O=C(O)c1cc(F)ccc1Oc1cc([N+](=O)[O-])ccc1Br. The minimum atomic E-state index is -1.37. The van der Waals surface area contributed by atoms with E-state index in [0.29, 0.717) is 4.47 Å². The number of benzene rings is 2. The number of carboxylic acids is 1. The molecular formula is C13H7BrFNO5. The predicted octanol–water partition coefficient (Wildman–Crippen LogP) is 3.99. The van der Waals surface area contributed by atoms with Crippen molar-refractivity contribution in [3.8, 4) is 11.5 Å². The Morgan fingerprint density at radius 3 is 2.57 bits per heavy atom. The Labute approximate surface area is 126 Å². The van der Waals surface area contributed by atoms with Crippen LogP contribution in [0.25, 0.3) is 0 Å². The normalized spacial score (nSPS) is 10.2. The van der Waals surface area contributed by atoms with Crippen LogP contribution in [-0.2, 0) is 0 Å². The third-order valence-electron chi connectivity index (χ3n) is 2.52. The van der Waals surface area contributed by atoms with Crippen LogP contribution >= 0.6 is 15.9 Å². The Kier molecular flexibility index (Phi) is 4.18. The second kappa shape index (κ2) is 5.88. The number of hydrogen-bond acceptors (Lipinski definition) is 4. The monoisotopic (exact) mass is 355 g/mol. The molecule has 2 rings (SSSR count). The highest BCUT2D eigenvalue weighted by Crippen LogP contribution is 2.34. The van der Waals surface area contributed by atoms with Crippen molar-refractivity contribution < 1.29 is 24.0 Å². The highest BCUT2D eigenvalue weighted by Gasteiger charge is 2.16. The predicted molar refractivity (Wildman–Crippen MR) is 74.2 cm³/mol. The van der Waals surface area contributed by atoms with Crippen LogP contribution in [0.4, 0.5) is 10.1 Å². The van der Waals surface area contributed by atoms with E-state index in [2.05, 4.69) is 15.9 Å². The van der Waals surface area contributed by atoms with Crippen LogP contribution in [0.3, 0.4) is 0 Å². The number of aromatic carboxylic acids is 1. The number of nitro benzene ring substituents is 1. The molecule has 2 aromatic rings. The molecule has 0 radical (unpaired) electrons. The standard InChI is InChI=1S/C13H7BrFNO5/c14-10-3-2-8(16(19)20)6-12(10)21-11-4-1-7(15)5-9(11)13(17)18/h1-6H,(H,17,18). The van der Waals surface area contributed by atoms with Gasteiger partial charge in [0.05, 0.1) is 15.5 Å². The van der Waals surface area contributed by atoms with E-state index in [1.54, 1.807) is 0 Å². The summed E-state index contributed by atoms with van der Waals surface area (Å²) in [5.41, 5.74) is -0.597. The Balaban J connectivity index is 2.45. The van der Waals surface area contributed by atoms with E-state index in [1.807, 2.05) is 0 Å². The van der Waals surface area contributed by atoms with Crippen LogP contribution in [0.2, 0.25) is 0 Å². The molecule has 0 bridgehead atoms. The summed E-state index contributed by atoms with van der Waals surface area (Å²) in [6.07, 6.45) is 0. The third-order valence-corrected chi connectivity index (χ3v) is 3.17. The summed E-state index contributed by atoms with van der Waals surface area (Å²) in [6, 6.07) is 6.79. The van der Waals surface area contributed by atoms with Crippen molar-refractivity contribution in [2.75, 3.05) is 0 Å². The van der Waals surface area contributed by atoms with Gasteiger partial charge in [0.1, 0.15) is 22.9 Å². The number of rotatable bonds is 4. The molecule has 0 saturated carbocycles. The van der Waals surface area contributed by atoms with Gasteiger partial charge in [0.2, 0.25) is 0 Å². The fourth-order valence-corrected chi connectivity index (χ4v) is 1.89. The van der Waals surface area contributed by atoms with Gasteiger partial charge in [-0.25, -0.2) is 9.18 Å². The number of nitro groups is 1. The van der Waals surface area contributed by atoms with Crippen molar-refractivity contribution in [2.24, 2.45) is 0 Å². The molecule has 0 aliphatic rings. The minimum absolute atomic E-state index is 0.0540. The molecule has 0 amide bonds. The minimum Gasteiger partial charge on any atom is -0.478 e. The number of carboxylic acid groups (broad SMARTS) is 1. The number of non-ortho nitro benzene ring substituents is 1. The molecule has 0 saturated heterocycles. The lowest BCUT2D eigenvalue weighted by molar-refractivity contribution is -0.384. The molecule has 0 atom stereocenters. The lowest BCUT2D eigenvalue weighted by atomic mass is 10.2. The molecule has 0 spiro atoms. The zero-order valence-corrected chi connectivity index (χ0v) is 11.8. The molecule has 0 aromatic heterocycles. The molecule has 0 fully saturated rings. The van der Waals surface area contributed by atoms with Crippen molar-refractivity contribution in [1.29, 1.82) is 0 Å². The average molecular weight is 356 g/mol. The van der Waals surface area contributed by atoms with E-state index < -0.39 is 16.7 Å². The van der Waals surface area contributed by atoms with Gasteiger partial charge in [-0.05, 0) is 40.2 Å². The molecule has 6 nitrogen and oxygen atoms in total. The van der Waals surface area contributed by atoms with Gasteiger partial charge in [-0.2, -0.15) is 0 Å². The highest BCUT2D eigenvalue weighted by molar-refractivity contribution is 9.10. The van der Waals surface area contributed by atoms with Gasteiger partial charge in [-0.1, -0.05) is 0 Å². The molecule has 21 heavy (non-hydrogen) atoms. The number of carbonyl (C=O) groups is 1. The first-order chi connectivity index (χ1) is 9.88. The molecular weight excluding hydrogens is 349 g/mol. The van der Waals surface area contributed by atoms with Gasteiger partial charge in [0, 0.05) is 6.07 Å². The van der Waals surface area contributed by atoms with E-state index in [4.69, 9.17) is 9.84 Å². The summed E-state index contributed by atoms with van der Waals surface area (Å²) in [4.78, 5) is 21.2. The van der Waals surface area contributed by atoms with Crippen molar-refractivity contribution in [3.05, 3.63) is 62.4 Å². The van der Waals surface area contributed by atoms with Gasteiger partial charge < -0.3 is 9.84 Å². The Morgan fingerprint density at radius 2 is 1.95 bits per heavy atom. The fourth-order valence-electron chi connectivity index (χ4n) is 1.56. The average Bonchev–Trinajstić information content (AvgIpc) is 2.42. The molecule has 0 aliphatic heterocycles. The quantitative estimate of drug-likeness (QED) is 0.661. The molecule has 0 aliphatic carbocycles. The summed E-state index contributed by atoms with van der Waals surface area (Å²) in [5, 5.41) is 19.7. The Hall–Kier alpha value is -2.48. The summed E-state index contributed by atoms with van der Waals surface area (Å²) >= 11 is 3.14. The molecule has 8 heteroatoms. The first-order valence-corrected chi connectivity index (χ1v) is 6.32. The van der Waals surface area contributed by atoms with Crippen molar-refractivity contribution in [2.45, 2.75) is 0 Å². The molecule has 108 valence electrons. The largest absolute Gasteiger partial charge is 0.478 e. The summed E-state index contributed by atoms with van der Waals surface area (Å²) in [6.45, 7) is 0. The van der Waals surface area contributed by atoms with Crippen LogP contribution in [0, 0.1) is 15.9 Å². The lowest BCUT2D eigenvalue weighted by Gasteiger charge is -2.10.